The average molecular weight is 669 g/mol. The molecule has 6 nitrogen and oxygen atoms in total. The standard InChI is InChI=1S/C44H44O6/c1-31(2)29-44(6,32(3)4)43(46)49-30-48-40-23-14-34(15-24-40)8-9-37-11-20-38(33(5)28-37)19-10-35-16-25-41(26-17-35)50-42(45)27-18-36-12-21-39(47-7)22-13-36/h11-18,20-28,31-32H,29-30H2,1-7H3. The Hall–Kier alpha value is -5.72. The van der Waals surface area contributed by atoms with Gasteiger partial charge in [0.25, 0.3) is 0 Å². The molecule has 0 aliphatic carbocycles. The third kappa shape index (κ3) is 10.9. The van der Waals surface area contributed by atoms with E-state index in [-0.39, 0.29) is 18.7 Å². The molecule has 0 aliphatic heterocycles. The van der Waals surface area contributed by atoms with Crippen LogP contribution in [0, 0.1) is 47.9 Å². The van der Waals surface area contributed by atoms with Gasteiger partial charge in [0.1, 0.15) is 17.2 Å². The third-order valence-corrected chi connectivity index (χ3v) is 8.36. The van der Waals surface area contributed by atoms with Gasteiger partial charge in [-0.3, -0.25) is 4.79 Å². The Kier molecular flexibility index (Phi) is 13.1. The molecule has 256 valence electrons. The first kappa shape index (κ1) is 37.1. The van der Waals surface area contributed by atoms with Crippen molar-refractivity contribution in [1.29, 1.82) is 0 Å². The Morgan fingerprint density at radius 3 is 1.88 bits per heavy atom. The molecule has 6 heteroatoms. The van der Waals surface area contributed by atoms with Crippen LogP contribution in [-0.2, 0) is 14.3 Å². The maximum absolute atomic E-state index is 12.8. The molecular weight excluding hydrogens is 624 g/mol. The van der Waals surface area contributed by atoms with E-state index in [1.165, 1.54) is 6.08 Å². The average Bonchev–Trinajstić information content (AvgIpc) is 3.10. The summed E-state index contributed by atoms with van der Waals surface area (Å²) in [7, 11) is 1.61. The summed E-state index contributed by atoms with van der Waals surface area (Å²) in [5, 5.41) is 0. The highest BCUT2D eigenvalue weighted by atomic mass is 16.7. The SMILES string of the molecule is COc1ccc(C=CC(=O)Oc2ccc(C#Cc3ccc(C#Cc4ccc(OCOC(=O)C(C)(CC(C)C)C(C)C)cc4)cc3C)cc2)cc1. The minimum Gasteiger partial charge on any atom is -0.497 e. The lowest BCUT2D eigenvalue weighted by Gasteiger charge is -2.32. The van der Waals surface area contributed by atoms with Crippen molar-refractivity contribution in [1.82, 2.24) is 0 Å². The Balaban J connectivity index is 1.28. The first-order valence-electron chi connectivity index (χ1n) is 16.6. The molecular formula is C44H44O6. The number of aryl methyl sites for hydroxylation is 1. The summed E-state index contributed by atoms with van der Waals surface area (Å²) in [6, 6.07) is 27.7. The molecule has 0 N–H and O–H groups in total. The molecule has 4 aromatic rings. The fraction of sp³-hybridized carbons (Fsp3) is 0.273. The number of hydrogen-bond acceptors (Lipinski definition) is 6. The van der Waals surface area contributed by atoms with Gasteiger partial charge < -0.3 is 18.9 Å². The van der Waals surface area contributed by atoms with E-state index in [9.17, 15) is 9.59 Å². The van der Waals surface area contributed by atoms with Gasteiger partial charge >= 0.3 is 11.9 Å². The van der Waals surface area contributed by atoms with Crippen LogP contribution in [0.4, 0.5) is 0 Å². The Bertz CT molecular complexity index is 1910. The fourth-order valence-corrected chi connectivity index (χ4v) is 5.15. The van der Waals surface area contributed by atoms with Gasteiger partial charge in [-0.2, -0.15) is 0 Å². The summed E-state index contributed by atoms with van der Waals surface area (Å²) < 4.78 is 21.7. The highest BCUT2D eigenvalue weighted by molar-refractivity contribution is 5.88. The monoisotopic (exact) mass is 668 g/mol. The van der Waals surface area contributed by atoms with Gasteiger partial charge in [-0.1, -0.05) is 63.5 Å². The lowest BCUT2D eigenvalue weighted by atomic mass is 9.73. The van der Waals surface area contributed by atoms with E-state index >= 15 is 0 Å². The van der Waals surface area contributed by atoms with Gasteiger partial charge in [0.05, 0.1) is 12.5 Å². The number of carbonyl (C=O) groups excluding carboxylic acids is 2. The van der Waals surface area contributed by atoms with Crippen LogP contribution in [0.1, 0.15) is 74.4 Å². The van der Waals surface area contributed by atoms with E-state index in [2.05, 4.69) is 37.5 Å². The maximum atomic E-state index is 12.8. The van der Waals surface area contributed by atoms with Crippen molar-refractivity contribution in [2.24, 2.45) is 17.3 Å². The molecule has 0 saturated heterocycles. The van der Waals surface area contributed by atoms with E-state index in [0.29, 0.717) is 17.4 Å². The zero-order valence-electron chi connectivity index (χ0n) is 29.8. The van der Waals surface area contributed by atoms with E-state index < -0.39 is 11.4 Å². The highest BCUT2D eigenvalue weighted by Gasteiger charge is 2.38. The van der Waals surface area contributed by atoms with Crippen molar-refractivity contribution in [3.8, 4) is 40.9 Å². The summed E-state index contributed by atoms with van der Waals surface area (Å²) in [6.45, 7) is 12.1. The lowest BCUT2D eigenvalue weighted by Crippen LogP contribution is -2.37. The van der Waals surface area contributed by atoms with Crippen LogP contribution in [0.5, 0.6) is 17.2 Å². The van der Waals surface area contributed by atoms with Crippen molar-refractivity contribution in [2.75, 3.05) is 13.9 Å². The molecule has 0 fully saturated rings. The van der Waals surface area contributed by atoms with Crippen LogP contribution in [-0.4, -0.2) is 25.8 Å². The van der Waals surface area contributed by atoms with Crippen LogP contribution in [0.15, 0.2) is 97.1 Å². The minimum absolute atomic E-state index is 0.135. The number of rotatable bonds is 11. The van der Waals surface area contributed by atoms with Crippen molar-refractivity contribution < 1.29 is 28.5 Å². The van der Waals surface area contributed by atoms with Crippen LogP contribution in [0.2, 0.25) is 0 Å². The van der Waals surface area contributed by atoms with Crippen LogP contribution >= 0.6 is 0 Å². The highest BCUT2D eigenvalue weighted by Crippen LogP contribution is 2.35. The van der Waals surface area contributed by atoms with E-state index in [1.54, 1.807) is 25.3 Å². The zero-order chi connectivity index (χ0) is 36.1. The van der Waals surface area contributed by atoms with E-state index in [4.69, 9.17) is 18.9 Å². The van der Waals surface area contributed by atoms with Gasteiger partial charge in [-0.15, -0.1) is 0 Å². The predicted molar refractivity (Wildman–Crippen MR) is 198 cm³/mol. The first-order valence-corrected chi connectivity index (χ1v) is 16.6. The molecule has 50 heavy (non-hydrogen) atoms. The van der Waals surface area contributed by atoms with E-state index in [1.807, 2.05) is 107 Å². The lowest BCUT2D eigenvalue weighted by molar-refractivity contribution is -0.165. The second-order valence-corrected chi connectivity index (χ2v) is 13.0. The van der Waals surface area contributed by atoms with Gasteiger partial charge in [0, 0.05) is 28.3 Å². The summed E-state index contributed by atoms with van der Waals surface area (Å²) in [6.07, 6.45) is 3.83. The molecule has 0 spiro atoms. The number of methoxy groups -OCH3 is 1. The molecule has 1 atom stereocenters. The van der Waals surface area contributed by atoms with Gasteiger partial charge in [-0.25, -0.2) is 4.79 Å². The predicted octanol–water partition coefficient (Wildman–Crippen LogP) is 9.01. The number of esters is 2. The second kappa shape index (κ2) is 17.6. The maximum Gasteiger partial charge on any atom is 0.336 e. The van der Waals surface area contributed by atoms with E-state index in [0.717, 1.165) is 45.6 Å². The largest absolute Gasteiger partial charge is 0.497 e. The third-order valence-electron chi connectivity index (χ3n) is 8.36. The molecule has 0 bridgehead atoms. The van der Waals surface area contributed by atoms with Crippen LogP contribution in [0.3, 0.4) is 0 Å². The molecule has 0 amide bonds. The summed E-state index contributed by atoms with van der Waals surface area (Å²) in [5.41, 5.74) is 4.74. The zero-order valence-corrected chi connectivity index (χ0v) is 29.8. The molecule has 0 aliphatic rings. The topological polar surface area (TPSA) is 71.1 Å². The Morgan fingerprint density at radius 2 is 1.30 bits per heavy atom. The molecule has 0 radical (unpaired) electrons. The Labute approximate surface area is 296 Å². The molecule has 0 aromatic heterocycles. The molecule has 0 heterocycles. The number of carbonyl (C=O) groups is 2. The van der Waals surface area contributed by atoms with Gasteiger partial charge in [0.15, 0.2) is 0 Å². The van der Waals surface area contributed by atoms with Crippen LogP contribution in [0.25, 0.3) is 6.08 Å². The second-order valence-electron chi connectivity index (χ2n) is 13.0. The van der Waals surface area contributed by atoms with Crippen molar-refractivity contribution in [3.05, 3.63) is 130 Å². The Morgan fingerprint density at radius 1 is 0.740 bits per heavy atom. The molecule has 1 unspecified atom stereocenters. The first-order chi connectivity index (χ1) is 23.9. The summed E-state index contributed by atoms with van der Waals surface area (Å²) in [4.78, 5) is 25.0. The van der Waals surface area contributed by atoms with Crippen molar-refractivity contribution in [3.63, 3.8) is 0 Å². The summed E-state index contributed by atoms with van der Waals surface area (Å²) >= 11 is 0. The van der Waals surface area contributed by atoms with Gasteiger partial charge in [-0.05, 0) is 128 Å². The molecule has 4 rings (SSSR count). The van der Waals surface area contributed by atoms with Crippen molar-refractivity contribution >= 4 is 18.0 Å². The quantitative estimate of drug-likeness (QED) is 0.0522. The van der Waals surface area contributed by atoms with Crippen molar-refractivity contribution in [2.45, 2.75) is 48.0 Å². The van der Waals surface area contributed by atoms with Gasteiger partial charge in [0.2, 0.25) is 6.79 Å². The van der Waals surface area contributed by atoms with Crippen LogP contribution < -0.4 is 14.2 Å². The minimum atomic E-state index is -0.551. The summed E-state index contributed by atoms with van der Waals surface area (Å²) in [5.74, 6) is 14.4. The number of hydrogen-bond donors (Lipinski definition) is 0. The molecule has 4 aromatic carbocycles. The number of ether oxygens (including phenoxy) is 4. The molecule has 0 saturated carbocycles. The fourth-order valence-electron chi connectivity index (χ4n) is 5.15. The normalized spacial score (nSPS) is 11.9. The smallest absolute Gasteiger partial charge is 0.336 e. The number of benzene rings is 4.